The summed E-state index contributed by atoms with van der Waals surface area (Å²) in [7, 11) is 1.28. The van der Waals surface area contributed by atoms with Crippen LogP contribution in [0.1, 0.15) is 36.5 Å². The fourth-order valence-electron chi connectivity index (χ4n) is 3.42. The molecule has 0 spiro atoms. The largest absolute Gasteiger partial charge is 0.490 e. The average Bonchev–Trinajstić information content (AvgIpc) is 2.84. The summed E-state index contributed by atoms with van der Waals surface area (Å²) in [6.45, 7) is 3.67. The standard InChI is InChI=1S/C24H29N3O6/c1-3-32-21-15-17(7-12-20(21)33-16-22(28)27-13-5-4-6-14-27)23(29)25-18-8-10-19(11-9-18)26-24(30)31-2/h7-12,15H,3-6,13-14,16H2,1-2H3,(H,25,29)(H,26,30). The van der Waals surface area contributed by atoms with Crippen LogP contribution in [0, 0.1) is 0 Å². The molecule has 3 rings (SSSR count). The number of anilines is 2. The predicted octanol–water partition coefficient (Wildman–Crippen LogP) is 3.91. The van der Waals surface area contributed by atoms with E-state index in [1.165, 1.54) is 7.11 Å². The van der Waals surface area contributed by atoms with Gasteiger partial charge in [-0.2, -0.15) is 0 Å². The van der Waals surface area contributed by atoms with Gasteiger partial charge >= 0.3 is 6.09 Å². The van der Waals surface area contributed by atoms with Gasteiger partial charge in [0.25, 0.3) is 11.8 Å². The van der Waals surface area contributed by atoms with Crippen molar-refractivity contribution in [3.8, 4) is 11.5 Å². The molecule has 33 heavy (non-hydrogen) atoms. The smallest absolute Gasteiger partial charge is 0.411 e. The van der Waals surface area contributed by atoms with E-state index >= 15 is 0 Å². The molecule has 3 amide bonds. The Morgan fingerprint density at radius 1 is 0.879 bits per heavy atom. The summed E-state index contributed by atoms with van der Waals surface area (Å²) in [5.41, 5.74) is 1.48. The van der Waals surface area contributed by atoms with Crippen molar-refractivity contribution in [1.82, 2.24) is 4.90 Å². The van der Waals surface area contributed by atoms with E-state index in [-0.39, 0.29) is 18.4 Å². The minimum Gasteiger partial charge on any atom is -0.490 e. The molecule has 1 fully saturated rings. The number of ether oxygens (including phenoxy) is 3. The van der Waals surface area contributed by atoms with Crippen LogP contribution in [-0.4, -0.2) is 56.2 Å². The van der Waals surface area contributed by atoms with Gasteiger partial charge in [0.15, 0.2) is 18.1 Å². The van der Waals surface area contributed by atoms with Crippen molar-refractivity contribution < 1.29 is 28.6 Å². The molecule has 1 saturated heterocycles. The zero-order valence-corrected chi connectivity index (χ0v) is 18.9. The first-order valence-electron chi connectivity index (χ1n) is 10.9. The molecule has 0 radical (unpaired) electrons. The zero-order chi connectivity index (χ0) is 23.6. The number of benzene rings is 2. The van der Waals surface area contributed by atoms with Crippen LogP contribution < -0.4 is 20.1 Å². The molecule has 9 heteroatoms. The third-order valence-corrected chi connectivity index (χ3v) is 5.14. The SMILES string of the molecule is CCOc1cc(C(=O)Nc2ccc(NC(=O)OC)cc2)ccc1OCC(=O)N1CCCCC1. The van der Waals surface area contributed by atoms with Crippen molar-refractivity contribution in [2.24, 2.45) is 0 Å². The maximum atomic E-state index is 12.7. The lowest BCUT2D eigenvalue weighted by Gasteiger charge is -2.26. The van der Waals surface area contributed by atoms with Crippen LogP contribution in [-0.2, 0) is 9.53 Å². The first kappa shape index (κ1) is 23.9. The second-order valence-electron chi connectivity index (χ2n) is 7.47. The Morgan fingerprint density at radius 3 is 2.18 bits per heavy atom. The second kappa shape index (κ2) is 11.8. The van der Waals surface area contributed by atoms with Crippen molar-refractivity contribution >= 4 is 29.3 Å². The molecule has 9 nitrogen and oxygen atoms in total. The molecule has 0 bridgehead atoms. The Morgan fingerprint density at radius 2 is 1.55 bits per heavy atom. The van der Waals surface area contributed by atoms with E-state index in [1.807, 2.05) is 11.8 Å². The molecule has 176 valence electrons. The van der Waals surface area contributed by atoms with Gasteiger partial charge in [-0.1, -0.05) is 0 Å². The van der Waals surface area contributed by atoms with Crippen molar-refractivity contribution in [1.29, 1.82) is 0 Å². The number of nitrogens with one attached hydrogen (secondary N) is 2. The van der Waals surface area contributed by atoms with Crippen molar-refractivity contribution in [2.75, 3.05) is 44.0 Å². The van der Waals surface area contributed by atoms with Crippen LogP contribution >= 0.6 is 0 Å². The molecule has 2 aromatic rings. The zero-order valence-electron chi connectivity index (χ0n) is 18.9. The van der Waals surface area contributed by atoms with Gasteiger partial charge in [0.1, 0.15) is 0 Å². The number of rotatable bonds is 8. The highest BCUT2D eigenvalue weighted by Gasteiger charge is 2.18. The lowest BCUT2D eigenvalue weighted by atomic mass is 10.1. The predicted molar refractivity (Wildman–Crippen MR) is 124 cm³/mol. The molecular weight excluding hydrogens is 426 g/mol. The molecule has 0 aliphatic carbocycles. The van der Waals surface area contributed by atoms with Gasteiger partial charge < -0.3 is 24.4 Å². The Hall–Kier alpha value is -3.75. The fourth-order valence-corrected chi connectivity index (χ4v) is 3.42. The van der Waals surface area contributed by atoms with E-state index < -0.39 is 6.09 Å². The number of amides is 3. The van der Waals surface area contributed by atoms with Gasteiger partial charge in [-0.3, -0.25) is 14.9 Å². The van der Waals surface area contributed by atoms with Crippen LogP contribution in [0.15, 0.2) is 42.5 Å². The summed E-state index contributed by atoms with van der Waals surface area (Å²) in [4.78, 5) is 38.2. The van der Waals surface area contributed by atoms with Crippen LogP contribution in [0.2, 0.25) is 0 Å². The van der Waals surface area contributed by atoms with Gasteiger partial charge in [0.05, 0.1) is 13.7 Å². The van der Waals surface area contributed by atoms with E-state index in [2.05, 4.69) is 15.4 Å². The van der Waals surface area contributed by atoms with Gasteiger partial charge in [-0.05, 0) is 68.7 Å². The highest BCUT2D eigenvalue weighted by Crippen LogP contribution is 2.29. The van der Waals surface area contributed by atoms with Crippen LogP contribution in [0.3, 0.4) is 0 Å². The summed E-state index contributed by atoms with van der Waals surface area (Å²) in [6.07, 6.45) is 2.61. The molecule has 0 saturated carbocycles. The van der Waals surface area contributed by atoms with Gasteiger partial charge in [0.2, 0.25) is 0 Å². The van der Waals surface area contributed by atoms with Gasteiger partial charge in [-0.25, -0.2) is 4.79 Å². The minimum absolute atomic E-state index is 0.0518. The van der Waals surface area contributed by atoms with Crippen LogP contribution in [0.4, 0.5) is 16.2 Å². The molecule has 1 heterocycles. The third kappa shape index (κ3) is 6.86. The molecule has 2 N–H and O–H groups in total. The summed E-state index contributed by atoms with van der Waals surface area (Å²) in [6, 6.07) is 11.5. The number of hydrogen-bond acceptors (Lipinski definition) is 6. The molecule has 0 unspecified atom stereocenters. The number of nitrogens with zero attached hydrogens (tertiary/aromatic N) is 1. The van der Waals surface area contributed by atoms with Gasteiger partial charge in [0, 0.05) is 30.0 Å². The van der Waals surface area contributed by atoms with E-state index in [0.717, 1.165) is 32.4 Å². The molecule has 0 aromatic heterocycles. The maximum absolute atomic E-state index is 12.7. The normalized spacial score (nSPS) is 13.1. The molecule has 1 aliphatic heterocycles. The first-order chi connectivity index (χ1) is 16.0. The topological polar surface area (TPSA) is 106 Å². The summed E-state index contributed by atoms with van der Waals surface area (Å²) in [5, 5.41) is 5.34. The van der Waals surface area contributed by atoms with Crippen molar-refractivity contribution in [3.63, 3.8) is 0 Å². The number of piperidine rings is 1. The van der Waals surface area contributed by atoms with Crippen molar-refractivity contribution in [3.05, 3.63) is 48.0 Å². The van der Waals surface area contributed by atoms with Crippen LogP contribution in [0.5, 0.6) is 11.5 Å². The number of likely N-dealkylation sites (tertiary alicyclic amines) is 1. The molecule has 1 aliphatic rings. The van der Waals surface area contributed by atoms with E-state index in [9.17, 15) is 14.4 Å². The highest BCUT2D eigenvalue weighted by molar-refractivity contribution is 6.04. The minimum atomic E-state index is -0.574. The lowest BCUT2D eigenvalue weighted by Crippen LogP contribution is -2.38. The Labute approximate surface area is 193 Å². The number of carbonyl (C=O) groups is 3. The Bertz CT molecular complexity index is 971. The summed E-state index contributed by atoms with van der Waals surface area (Å²) < 4.78 is 15.9. The quantitative estimate of drug-likeness (QED) is 0.625. The molecular formula is C24H29N3O6. The fraction of sp³-hybridized carbons (Fsp3) is 0.375. The highest BCUT2D eigenvalue weighted by atomic mass is 16.5. The number of hydrogen-bond donors (Lipinski definition) is 2. The second-order valence-corrected chi connectivity index (χ2v) is 7.47. The Balaban J connectivity index is 1.63. The van der Waals surface area contributed by atoms with E-state index in [1.54, 1.807) is 42.5 Å². The number of carbonyl (C=O) groups excluding carboxylic acids is 3. The Kier molecular flexibility index (Phi) is 8.51. The summed E-state index contributed by atoms with van der Waals surface area (Å²) >= 11 is 0. The monoisotopic (exact) mass is 455 g/mol. The maximum Gasteiger partial charge on any atom is 0.411 e. The van der Waals surface area contributed by atoms with Gasteiger partial charge in [-0.15, -0.1) is 0 Å². The average molecular weight is 456 g/mol. The number of methoxy groups -OCH3 is 1. The van der Waals surface area contributed by atoms with E-state index in [4.69, 9.17) is 9.47 Å². The lowest BCUT2D eigenvalue weighted by molar-refractivity contribution is -0.134. The van der Waals surface area contributed by atoms with E-state index in [0.29, 0.717) is 35.0 Å². The van der Waals surface area contributed by atoms with Crippen molar-refractivity contribution in [2.45, 2.75) is 26.2 Å². The summed E-state index contributed by atoms with van der Waals surface area (Å²) in [5.74, 6) is 0.427. The first-order valence-corrected chi connectivity index (χ1v) is 10.9. The third-order valence-electron chi connectivity index (χ3n) is 5.14. The molecule has 2 aromatic carbocycles. The molecule has 0 atom stereocenters. The van der Waals surface area contributed by atoms with Crippen LogP contribution in [0.25, 0.3) is 0 Å².